The minimum absolute atomic E-state index is 0. The molecule has 0 saturated carbocycles. The Hall–Kier alpha value is -0.521. The molecule has 0 nitrogen and oxygen atoms in total. The Balaban J connectivity index is -0.000000241. The van der Waals surface area contributed by atoms with Crippen molar-refractivity contribution in [2.24, 2.45) is 0 Å². The van der Waals surface area contributed by atoms with Gasteiger partial charge in [-0.3, -0.25) is 0 Å². The molecule has 1 radical (unpaired) electrons. The van der Waals surface area contributed by atoms with E-state index in [0.29, 0.717) is 0 Å². The summed E-state index contributed by atoms with van der Waals surface area (Å²) < 4.78 is 0. The zero-order valence-electron chi connectivity index (χ0n) is 13.1. The molecule has 0 aromatic heterocycles. The Morgan fingerprint density at radius 1 is 0.458 bits per heavy atom. The van der Waals surface area contributed by atoms with E-state index in [1.54, 1.807) is 0 Å². The van der Waals surface area contributed by atoms with E-state index in [9.17, 15) is 0 Å². The van der Waals surface area contributed by atoms with Crippen LogP contribution in [0.1, 0.15) is 0 Å². The first-order chi connectivity index (χ1) is 10.7. The quantitative estimate of drug-likeness (QED) is 0.190. The summed E-state index contributed by atoms with van der Waals surface area (Å²) in [6.45, 7) is 0. The Labute approximate surface area is 172 Å². The minimum Gasteiger partial charge on any atom is -0.358 e. The fraction of sp³-hybridized carbons (Fsp3) is 0. The summed E-state index contributed by atoms with van der Waals surface area (Å²) in [5.74, 6) is -1.20. The molecule has 0 aliphatic rings. The first-order valence-corrected chi connectivity index (χ1v) is 10.3. The van der Waals surface area contributed by atoms with Gasteiger partial charge in [0.25, 0.3) is 0 Å². The van der Waals surface area contributed by atoms with Crippen molar-refractivity contribution >= 4 is 39.7 Å². The molecular formula is C19H18Cl3MnP-4. The van der Waals surface area contributed by atoms with E-state index in [-0.39, 0.29) is 24.5 Å². The van der Waals surface area contributed by atoms with Gasteiger partial charge in [0.05, 0.1) is 0 Å². The van der Waals surface area contributed by atoms with E-state index >= 15 is 0 Å². The third-order valence-corrected chi connectivity index (χ3v) is 1.82. The summed E-state index contributed by atoms with van der Waals surface area (Å²) in [5, 5.41) is 0. The maximum Gasteiger partial charge on any atom is 0.179 e. The van der Waals surface area contributed by atoms with Crippen molar-refractivity contribution in [2.45, 2.75) is 0 Å². The third-order valence-electron chi connectivity index (χ3n) is 1.82. The van der Waals surface area contributed by atoms with Crippen molar-refractivity contribution < 1.29 is 17.1 Å². The molecule has 0 bridgehead atoms. The van der Waals surface area contributed by atoms with Gasteiger partial charge in [0.15, 0.2) is 5.98 Å². The second kappa shape index (κ2) is 24.7. The predicted molar refractivity (Wildman–Crippen MR) is 107 cm³/mol. The summed E-state index contributed by atoms with van der Waals surface area (Å²) in [6, 6.07) is 37.5. The SMILES string of the molecule is ClP(Cl)Cl.[CH3-].[Mn].[c-]1ccccc1.[c-]1ccccc1.[c-]1ccccc1. The standard InChI is InChI=1S/3C6H5.CH3.Cl3P.Mn/c3*1-2-4-6-5-3-1;;1-4(2)3;/h3*1-5H;1H3;;/q4*-1;;. The van der Waals surface area contributed by atoms with E-state index < -0.39 is 5.98 Å². The summed E-state index contributed by atoms with van der Waals surface area (Å²) >= 11 is 14.6. The van der Waals surface area contributed by atoms with Gasteiger partial charge in [0.1, 0.15) is 0 Å². The maximum atomic E-state index is 4.87. The van der Waals surface area contributed by atoms with Gasteiger partial charge in [-0.25, -0.2) is 0 Å². The molecule has 0 heterocycles. The average Bonchev–Trinajstić information content (AvgIpc) is 2.60. The Kier molecular flexibility index (Phi) is 29.1. The smallest absolute Gasteiger partial charge is 0.179 e. The summed E-state index contributed by atoms with van der Waals surface area (Å²) in [7, 11) is 0. The van der Waals surface area contributed by atoms with Crippen LogP contribution in [0.5, 0.6) is 0 Å². The van der Waals surface area contributed by atoms with Crippen LogP contribution in [0.15, 0.2) is 91.0 Å². The second-order valence-corrected chi connectivity index (χ2v) is 8.41. The molecule has 0 atom stereocenters. The minimum atomic E-state index is -1.20. The van der Waals surface area contributed by atoms with E-state index in [1.807, 2.05) is 91.0 Å². The van der Waals surface area contributed by atoms with E-state index in [0.717, 1.165) is 0 Å². The van der Waals surface area contributed by atoms with Crippen LogP contribution in [0, 0.1) is 25.6 Å². The normalized spacial score (nSPS) is 7.50. The molecule has 131 valence electrons. The van der Waals surface area contributed by atoms with Crippen LogP contribution >= 0.6 is 39.7 Å². The molecule has 0 aliphatic heterocycles. The van der Waals surface area contributed by atoms with Gasteiger partial charge in [0, 0.05) is 17.1 Å². The molecule has 0 saturated heterocycles. The van der Waals surface area contributed by atoms with Crippen molar-refractivity contribution in [3.8, 4) is 0 Å². The molecule has 0 aliphatic carbocycles. The van der Waals surface area contributed by atoms with E-state index in [4.69, 9.17) is 33.7 Å². The van der Waals surface area contributed by atoms with Gasteiger partial charge in [-0.15, -0.1) is 0 Å². The fourth-order valence-corrected chi connectivity index (χ4v) is 1.03. The van der Waals surface area contributed by atoms with Crippen LogP contribution in [0.4, 0.5) is 0 Å². The number of benzene rings is 3. The molecule has 3 rings (SSSR count). The third kappa shape index (κ3) is 29.5. The predicted octanol–water partition coefficient (Wildman–Crippen LogP) is 7.84. The van der Waals surface area contributed by atoms with Crippen molar-refractivity contribution in [3.63, 3.8) is 0 Å². The van der Waals surface area contributed by atoms with Crippen molar-refractivity contribution in [3.05, 3.63) is 117 Å². The van der Waals surface area contributed by atoms with E-state index in [2.05, 4.69) is 18.2 Å². The topological polar surface area (TPSA) is 0 Å². The molecule has 0 unspecified atom stereocenters. The largest absolute Gasteiger partial charge is 0.358 e. The van der Waals surface area contributed by atoms with Crippen LogP contribution in [0.3, 0.4) is 0 Å². The summed E-state index contributed by atoms with van der Waals surface area (Å²) in [6.07, 6.45) is 0. The number of hydrogen-bond acceptors (Lipinski definition) is 0. The van der Waals surface area contributed by atoms with Gasteiger partial charge in [0.2, 0.25) is 0 Å². The van der Waals surface area contributed by atoms with Crippen LogP contribution in [-0.4, -0.2) is 0 Å². The van der Waals surface area contributed by atoms with Crippen LogP contribution in [-0.2, 0) is 17.1 Å². The van der Waals surface area contributed by atoms with Crippen LogP contribution in [0.2, 0.25) is 0 Å². The summed E-state index contributed by atoms with van der Waals surface area (Å²) in [4.78, 5) is 0. The molecule has 0 amide bonds. The molecule has 0 fully saturated rings. The molecule has 24 heavy (non-hydrogen) atoms. The van der Waals surface area contributed by atoms with Gasteiger partial charge >= 0.3 is 0 Å². The van der Waals surface area contributed by atoms with Crippen molar-refractivity contribution in [1.82, 2.24) is 0 Å². The second-order valence-electron chi connectivity index (χ2n) is 3.42. The average molecular weight is 439 g/mol. The number of halogens is 3. The first-order valence-electron chi connectivity index (χ1n) is 6.24. The zero-order valence-corrected chi connectivity index (χ0v) is 17.5. The molecule has 3 aromatic rings. The number of rotatable bonds is 0. The van der Waals surface area contributed by atoms with Crippen molar-refractivity contribution in [2.75, 3.05) is 0 Å². The molecule has 5 heteroatoms. The molecule has 3 aromatic carbocycles. The monoisotopic (exact) mass is 437 g/mol. The Bertz CT molecular complexity index is 353. The Morgan fingerprint density at radius 2 is 0.625 bits per heavy atom. The van der Waals surface area contributed by atoms with Gasteiger partial charge in [-0.2, -0.15) is 109 Å². The van der Waals surface area contributed by atoms with Gasteiger partial charge in [-0.1, -0.05) is 33.7 Å². The first kappa shape index (κ1) is 28.3. The number of hydrogen-bond donors (Lipinski definition) is 0. The Morgan fingerprint density at radius 3 is 0.667 bits per heavy atom. The summed E-state index contributed by atoms with van der Waals surface area (Å²) in [5.41, 5.74) is 0. The van der Waals surface area contributed by atoms with Crippen LogP contribution < -0.4 is 0 Å². The van der Waals surface area contributed by atoms with Crippen LogP contribution in [0.25, 0.3) is 0 Å². The van der Waals surface area contributed by atoms with Gasteiger partial charge in [-0.05, 0) is 0 Å². The van der Waals surface area contributed by atoms with Gasteiger partial charge < -0.3 is 7.43 Å². The maximum absolute atomic E-state index is 4.87. The molecule has 0 N–H and O–H groups in total. The fourth-order valence-electron chi connectivity index (χ4n) is 1.03. The zero-order chi connectivity index (χ0) is 16.3. The van der Waals surface area contributed by atoms with E-state index in [1.165, 1.54) is 0 Å². The molecule has 0 spiro atoms. The van der Waals surface area contributed by atoms with Crippen molar-refractivity contribution in [1.29, 1.82) is 0 Å². The molecular weight excluding hydrogens is 420 g/mol.